The summed E-state index contributed by atoms with van der Waals surface area (Å²) >= 11 is 1.65. The highest BCUT2D eigenvalue weighted by atomic mass is 32.1. The Hall–Kier alpha value is -2.20. The van der Waals surface area contributed by atoms with Gasteiger partial charge in [-0.25, -0.2) is 9.97 Å². The summed E-state index contributed by atoms with van der Waals surface area (Å²) in [4.78, 5) is 9.80. The zero-order valence-corrected chi connectivity index (χ0v) is 14.4. The average Bonchev–Trinajstić information content (AvgIpc) is 3.17. The normalized spacial score (nSPS) is 20.3. The largest absolute Gasteiger partial charge is 0.363 e. The van der Waals surface area contributed by atoms with Gasteiger partial charge in [-0.2, -0.15) is 0 Å². The van der Waals surface area contributed by atoms with Gasteiger partial charge < -0.3 is 5.32 Å². The molecule has 2 aliphatic rings. The third kappa shape index (κ3) is 2.33. The molecular formula is C20H19N3S. The van der Waals surface area contributed by atoms with Gasteiger partial charge in [-0.15, -0.1) is 11.3 Å². The second-order valence-electron chi connectivity index (χ2n) is 6.84. The highest BCUT2D eigenvalue weighted by molar-refractivity contribution is 7.16. The molecule has 2 unspecified atom stereocenters. The Bertz CT molecular complexity index is 939. The summed E-state index contributed by atoms with van der Waals surface area (Å²) < 4.78 is 0. The van der Waals surface area contributed by atoms with Crippen molar-refractivity contribution in [2.24, 2.45) is 5.92 Å². The number of aromatic nitrogens is 2. The lowest BCUT2D eigenvalue weighted by atomic mass is 9.93. The Labute approximate surface area is 145 Å². The van der Waals surface area contributed by atoms with Crippen molar-refractivity contribution in [2.45, 2.75) is 31.7 Å². The third-order valence-electron chi connectivity index (χ3n) is 5.20. The number of allylic oxidation sites excluding steroid dienone is 1. The lowest BCUT2D eigenvalue weighted by Gasteiger charge is -2.18. The van der Waals surface area contributed by atoms with Crippen LogP contribution in [-0.2, 0) is 0 Å². The summed E-state index contributed by atoms with van der Waals surface area (Å²) in [5.41, 5.74) is 4.22. The lowest BCUT2D eigenvalue weighted by Crippen LogP contribution is -2.09. The summed E-state index contributed by atoms with van der Waals surface area (Å²) in [5, 5.41) is 6.74. The van der Waals surface area contributed by atoms with E-state index in [1.54, 1.807) is 17.7 Å². The van der Waals surface area contributed by atoms with Crippen molar-refractivity contribution in [2.75, 3.05) is 5.32 Å². The smallest absolute Gasteiger partial charge is 0.138 e. The number of nitrogens with zero attached hydrogens (tertiary/aromatic N) is 2. The van der Waals surface area contributed by atoms with Crippen molar-refractivity contribution in [3.8, 4) is 0 Å². The van der Waals surface area contributed by atoms with E-state index in [2.05, 4.69) is 64.0 Å². The van der Waals surface area contributed by atoms with Gasteiger partial charge in [-0.3, -0.25) is 0 Å². The van der Waals surface area contributed by atoms with Gasteiger partial charge in [0.05, 0.1) is 5.39 Å². The maximum Gasteiger partial charge on any atom is 0.138 e. The molecule has 120 valence electrons. The molecule has 3 aromatic rings. The molecule has 0 amide bonds. The molecule has 24 heavy (non-hydrogen) atoms. The Morgan fingerprint density at radius 1 is 1.21 bits per heavy atom. The molecule has 2 aliphatic carbocycles. The average molecular weight is 333 g/mol. The predicted octanol–water partition coefficient (Wildman–Crippen LogP) is 5.38. The number of thiophene rings is 1. The fraction of sp³-hybridized carbons (Fsp3) is 0.300. The first-order valence-electron chi connectivity index (χ1n) is 8.56. The van der Waals surface area contributed by atoms with E-state index in [0.29, 0.717) is 5.92 Å². The number of benzene rings is 1. The van der Waals surface area contributed by atoms with Crippen molar-refractivity contribution >= 4 is 33.4 Å². The zero-order valence-electron chi connectivity index (χ0n) is 13.6. The lowest BCUT2D eigenvalue weighted by molar-refractivity contribution is 0.735. The first kappa shape index (κ1) is 14.2. The molecule has 1 saturated carbocycles. The van der Waals surface area contributed by atoms with E-state index in [9.17, 15) is 0 Å². The summed E-state index contributed by atoms with van der Waals surface area (Å²) in [6.45, 7) is 2.20. The van der Waals surface area contributed by atoms with Crippen LogP contribution in [0.5, 0.6) is 0 Å². The zero-order chi connectivity index (χ0) is 16.1. The Morgan fingerprint density at radius 3 is 3.00 bits per heavy atom. The van der Waals surface area contributed by atoms with Gasteiger partial charge in [-0.05, 0) is 53.8 Å². The maximum absolute atomic E-state index is 4.44. The minimum Gasteiger partial charge on any atom is -0.363 e. The van der Waals surface area contributed by atoms with Gasteiger partial charge in [0.2, 0.25) is 0 Å². The van der Waals surface area contributed by atoms with E-state index in [-0.39, 0.29) is 6.04 Å². The number of hydrogen-bond donors (Lipinski definition) is 1. The fourth-order valence-corrected chi connectivity index (χ4v) is 4.41. The molecule has 2 aromatic heterocycles. The molecule has 1 N–H and O–H groups in total. The number of hydrogen-bond acceptors (Lipinski definition) is 4. The van der Waals surface area contributed by atoms with Crippen molar-refractivity contribution in [3.05, 3.63) is 58.7 Å². The van der Waals surface area contributed by atoms with Crippen LogP contribution < -0.4 is 5.32 Å². The predicted molar refractivity (Wildman–Crippen MR) is 100 cm³/mol. The molecule has 0 aliphatic heterocycles. The molecule has 0 radical (unpaired) electrons. The van der Waals surface area contributed by atoms with Crippen LogP contribution in [-0.4, -0.2) is 9.97 Å². The molecule has 0 saturated heterocycles. The standard InChI is InChI=1S/C20H19N3S/c1-12(23-19-17-8-9-24-20(17)22-11-21-19)15-5-4-14-6-7-16(13-2-3-13)18(14)10-15/h4-13,16H,2-3H2,1H3,(H,21,22,23). The fourth-order valence-electron chi connectivity index (χ4n) is 3.67. The van der Waals surface area contributed by atoms with E-state index in [1.165, 1.54) is 29.5 Å². The van der Waals surface area contributed by atoms with E-state index < -0.39 is 0 Å². The van der Waals surface area contributed by atoms with Gasteiger partial charge in [0.15, 0.2) is 0 Å². The Kier molecular flexibility index (Phi) is 3.20. The van der Waals surface area contributed by atoms with Gasteiger partial charge >= 0.3 is 0 Å². The number of fused-ring (bicyclic) bond motifs is 2. The van der Waals surface area contributed by atoms with Crippen molar-refractivity contribution < 1.29 is 0 Å². The van der Waals surface area contributed by atoms with E-state index in [1.807, 2.05) is 0 Å². The Balaban J connectivity index is 1.44. The van der Waals surface area contributed by atoms with Crippen LogP contribution in [0.2, 0.25) is 0 Å². The number of rotatable bonds is 4. The minimum atomic E-state index is 0.216. The third-order valence-corrected chi connectivity index (χ3v) is 6.02. The van der Waals surface area contributed by atoms with Crippen LogP contribution in [0.3, 0.4) is 0 Å². The van der Waals surface area contributed by atoms with Crippen LogP contribution in [0.1, 0.15) is 48.4 Å². The molecule has 3 nitrogen and oxygen atoms in total. The molecule has 1 fully saturated rings. The van der Waals surface area contributed by atoms with Crippen molar-refractivity contribution in [3.63, 3.8) is 0 Å². The van der Waals surface area contributed by atoms with Gasteiger partial charge in [-0.1, -0.05) is 30.4 Å². The summed E-state index contributed by atoms with van der Waals surface area (Å²) in [5.74, 6) is 2.43. The maximum atomic E-state index is 4.44. The van der Waals surface area contributed by atoms with E-state index in [4.69, 9.17) is 0 Å². The van der Waals surface area contributed by atoms with Crippen LogP contribution >= 0.6 is 11.3 Å². The van der Waals surface area contributed by atoms with Crippen LogP contribution in [0.15, 0.2) is 42.0 Å². The number of anilines is 1. The molecular weight excluding hydrogens is 314 g/mol. The first-order valence-corrected chi connectivity index (χ1v) is 9.44. The van der Waals surface area contributed by atoms with E-state index >= 15 is 0 Å². The Morgan fingerprint density at radius 2 is 2.12 bits per heavy atom. The monoisotopic (exact) mass is 333 g/mol. The summed E-state index contributed by atoms with van der Waals surface area (Å²) in [6, 6.07) is 9.20. The summed E-state index contributed by atoms with van der Waals surface area (Å²) in [6.07, 6.45) is 9.08. The molecule has 4 heteroatoms. The van der Waals surface area contributed by atoms with Crippen molar-refractivity contribution in [1.82, 2.24) is 9.97 Å². The molecule has 0 spiro atoms. The van der Waals surface area contributed by atoms with Gasteiger partial charge in [0.1, 0.15) is 17.0 Å². The quantitative estimate of drug-likeness (QED) is 0.696. The minimum absolute atomic E-state index is 0.216. The van der Waals surface area contributed by atoms with Crippen LogP contribution in [0.4, 0.5) is 5.82 Å². The molecule has 2 heterocycles. The highest BCUT2D eigenvalue weighted by Crippen LogP contribution is 2.47. The molecule has 0 bridgehead atoms. The molecule has 1 aromatic carbocycles. The highest BCUT2D eigenvalue weighted by Gasteiger charge is 2.33. The molecule has 5 rings (SSSR count). The second kappa shape index (κ2) is 5.42. The van der Waals surface area contributed by atoms with E-state index in [0.717, 1.165) is 22.0 Å². The topological polar surface area (TPSA) is 37.8 Å². The second-order valence-corrected chi connectivity index (χ2v) is 7.73. The number of nitrogens with one attached hydrogen (secondary N) is 1. The SMILES string of the molecule is CC(Nc1ncnc2sccc12)c1ccc2c(c1)C(C1CC1)C=C2. The first-order chi connectivity index (χ1) is 11.8. The van der Waals surface area contributed by atoms with Crippen LogP contribution in [0, 0.1) is 5.92 Å². The van der Waals surface area contributed by atoms with Crippen molar-refractivity contribution in [1.29, 1.82) is 0 Å². The van der Waals surface area contributed by atoms with Gasteiger partial charge in [0.25, 0.3) is 0 Å². The van der Waals surface area contributed by atoms with Gasteiger partial charge in [0, 0.05) is 12.0 Å². The molecule has 2 atom stereocenters. The summed E-state index contributed by atoms with van der Waals surface area (Å²) in [7, 11) is 0. The van der Waals surface area contributed by atoms with Crippen LogP contribution in [0.25, 0.3) is 16.3 Å².